The number of allylic oxidation sites excluding steroid dienone is 2. The summed E-state index contributed by atoms with van der Waals surface area (Å²) in [6.07, 6.45) is 29.2. The molecule has 2 aromatic rings. The standard InChI is InChI=1S/C38H56/c1-3-5-7-8-9-10-11-12-14-32-17-21-34(22-18-32)36-25-29-38(30-26-36)37-27-23-35(24-28-37)33-19-15-31(16-20-33)13-6-4-2/h21,23-33H,3-20,22H2,1-2H3/t31-,32?,33-. The van der Waals surface area contributed by atoms with Crippen LogP contribution in [0.4, 0.5) is 0 Å². The van der Waals surface area contributed by atoms with Gasteiger partial charge in [0.05, 0.1) is 0 Å². The quantitative estimate of drug-likeness (QED) is 0.208. The second-order valence-electron chi connectivity index (χ2n) is 12.7. The van der Waals surface area contributed by atoms with Crippen molar-refractivity contribution in [2.45, 2.75) is 142 Å². The van der Waals surface area contributed by atoms with Gasteiger partial charge in [0.1, 0.15) is 0 Å². The fraction of sp³-hybridized carbons (Fsp3) is 0.632. The summed E-state index contributed by atoms with van der Waals surface area (Å²) < 4.78 is 0. The first kappa shape index (κ1) is 29.2. The Hall–Kier alpha value is -1.82. The predicted octanol–water partition coefficient (Wildman–Crippen LogP) is 12.5. The summed E-state index contributed by atoms with van der Waals surface area (Å²) in [5, 5.41) is 0. The highest BCUT2D eigenvalue weighted by atomic mass is 14.3. The molecule has 38 heavy (non-hydrogen) atoms. The Bertz CT molecular complexity index is 923. The molecular formula is C38H56. The van der Waals surface area contributed by atoms with Crippen LogP contribution >= 0.6 is 0 Å². The molecule has 208 valence electrons. The van der Waals surface area contributed by atoms with Gasteiger partial charge < -0.3 is 0 Å². The third kappa shape index (κ3) is 9.14. The Morgan fingerprint density at radius 3 is 1.68 bits per heavy atom. The lowest BCUT2D eigenvalue weighted by Gasteiger charge is -2.29. The Kier molecular flexibility index (Phi) is 12.5. The Labute approximate surface area is 235 Å². The smallest absolute Gasteiger partial charge is 0.0162 e. The highest BCUT2D eigenvalue weighted by molar-refractivity contribution is 5.71. The summed E-state index contributed by atoms with van der Waals surface area (Å²) in [7, 11) is 0. The second kappa shape index (κ2) is 16.3. The zero-order valence-corrected chi connectivity index (χ0v) is 24.9. The van der Waals surface area contributed by atoms with E-state index in [1.807, 2.05) is 0 Å². The van der Waals surface area contributed by atoms with E-state index in [4.69, 9.17) is 0 Å². The number of hydrogen-bond donors (Lipinski definition) is 0. The molecule has 0 radical (unpaired) electrons. The van der Waals surface area contributed by atoms with Crippen LogP contribution in [0.25, 0.3) is 16.7 Å². The number of benzene rings is 2. The van der Waals surface area contributed by atoms with Gasteiger partial charge in [-0.2, -0.15) is 0 Å². The van der Waals surface area contributed by atoms with E-state index in [1.165, 1.54) is 139 Å². The van der Waals surface area contributed by atoms with Crippen molar-refractivity contribution in [3.63, 3.8) is 0 Å². The van der Waals surface area contributed by atoms with E-state index in [1.54, 1.807) is 11.1 Å². The average Bonchev–Trinajstić information content (AvgIpc) is 2.98. The highest BCUT2D eigenvalue weighted by Gasteiger charge is 2.22. The third-order valence-corrected chi connectivity index (χ3v) is 9.77. The van der Waals surface area contributed by atoms with Gasteiger partial charge in [-0.25, -0.2) is 0 Å². The molecule has 4 rings (SSSR count). The molecule has 0 spiro atoms. The Morgan fingerprint density at radius 1 is 0.526 bits per heavy atom. The van der Waals surface area contributed by atoms with Gasteiger partial charge >= 0.3 is 0 Å². The molecular weight excluding hydrogens is 456 g/mol. The molecule has 0 amide bonds. The molecule has 0 aliphatic heterocycles. The molecule has 0 heteroatoms. The van der Waals surface area contributed by atoms with Gasteiger partial charge in [-0.15, -0.1) is 0 Å². The lowest BCUT2D eigenvalue weighted by molar-refractivity contribution is 0.304. The lowest BCUT2D eigenvalue weighted by atomic mass is 9.77. The minimum Gasteiger partial charge on any atom is -0.0804 e. The fourth-order valence-corrected chi connectivity index (χ4v) is 7.08. The van der Waals surface area contributed by atoms with Gasteiger partial charge in [-0.05, 0) is 90.5 Å². The monoisotopic (exact) mass is 512 g/mol. The van der Waals surface area contributed by atoms with Crippen LogP contribution in [-0.2, 0) is 0 Å². The zero-order chi connectivity index (χ0) is 26.4. The van der Waals surface area contributed by atoms with Crippen LogP contribution in [0.15, 0.2) is 54.6 Å². The first-order chi connectivity index (χ1) is 18.8. The van der Waals surface area contributed by atoms with Crippen LogP contribution in [-0.4, -0.2) is 0 Å². The SMILES string of the molecule is CCCCCCCCCCC1CC=C(c2ccc(-c3ccc([C@H]4CC[C@H](CCCC)CC4)cc3)cc2)CC1. The minimum atomic E-state index is 0.780. The predicted molar refractivity (Wildman–Crippen MR) is 169 cm³/mol. The van der Waals surface area contributed by atoms with Crippen molar-refractivity contribution in [1.29, 1.82) is 0 Å². The summed E-state index contributed by atoms with van der Waals surface area (Å²) in [6, 6.07) is 19.0. The van der Waals surface area contributed by atoms with Crippen molar-refractivity contribution in [3.8, 4) is 11.1 Å². The molecule has 2 aliphatic carbocycles. The third-order valence-electron chi connectivity index (χ3n) is 9.77. The van der Waals surface area contributed by atoms with Crippen LogP contribution < -0.4 is 0 Å². The van der Waals surface area contributed by atoms with Gasteiger partial charge in [0.15, 0.2) is 0 Å². The van der Waals surface area contributed by atoms with Crippen LogP contribution in [0.1, 0.15) is 153 Å². The van der Waals surface area contributed by atoms with E-state index < -0.39 is 0 Å². The molecule has 1 unspecified atom stereocenters. The topological polar surface area (TPSA) is 0 Å². The number of rotatable bonds is 15. The molecule has 1 fully saturated rings. The van der Waals surface area contributed by atoms with Gasteiger partial charge in [-0.1, -0.05) is 146 Å². The van der Waals surface area contributed by atoms with Crippen molar-refractivity contribution in [3.05, 3.63) is 65.7 Å². The van der Waals surface area contributed by atoms with E-state index in [-0.39, 0.29) is 0 Å². The Morgan fingerprint density at radius 2 is 1.08 bits per heavy atom. The van der Waals surface area contributed by atoms with Gasteiger partial charge in [0, 0.05) is 0 Å². The zero-order valence-electron chi connectivity index (χ0n) is 24.9. The fourth-order valence-electron chi connectivity index (χ4n) is 7.08. The Balaban J connectivity index is 1.19. The first-order valence-electron chi connectivity index (χ1n) is 16.7. The van der Waals surface area contributed by atoms with E-state index in [0.29, 0.717) is 0 Å². The van der Waals surface area contributed by atoms with Gasteiger partial charge in [0.25, 0.3) is 0 Å². The lowest BCUT2D eigenvalue weighted by Crippen LogP contribution is -2.13. The van der Waals surface area contributed by atoms with Crippen molar-refractivity contribution in [2.24, 2.45) is 11.8 Å². The van der Waals surface area contributed by atoms with E-state index in [2.05, 4.69) is 68.5 Å². The molecule has 1 atom stereocenters. The number of unbranched alkanes of at least 4 members (excludes halogenated alkanes) is 8. The summed E-state index contributed by atoms with van der Waals surface area (Å²) in [5.74, 6) is 2.69. The molecule has 2 aliphatic rings. The molecule has 0 saturated heterocycles. The van der Waals surface area contributed by atoms with E-state index >= 15 is 0 Å². The van der Waals surface area contributed by atoms with Crippen molar-refractivity contribution in [2.75, 3.05) is 0 Å². The summed E-state index contributed by atoms with van der Waals surface area (Å²) in [4.78, 5) is 0. The maximum atomic E-state index is 2.56. The molecule has 2 aromatic carbocycles. The van der Waals surface area contributed by atoms with Crippen molar-refractivity contribution >= 4 is 5.57 Å². The average molecular weight is 513 g/mol. The summed E-state index contributed by atoms with van der Waals surface area (Å²) in [6.45, 7) is 4.62. The molecule has 0 nitrogen and oxygen atoms in total. The van der Waals surface area contributed by atoms with Crippen LogP contribution in [0, 0.1) is 11.8 Å². The molecule has 0 N–H and O–H groups in total. The van der Waals surface area contributed by atoms with E-state index in [9.17, 15) is 0 Å². The first-order valence-corrected chi connectivity index (χ1v) is 16.7. The van der Waals surface area contributed by atoms with Gasteiger partial charge in [0.2, 0.25) is 0 Å². The van der Waals surface area contributed by atoms with Crippen LogP contribution in [0.5, 0.6) is 0 Å². The molecule has 0 heterocycles. The minimum absolute atomic E-state index is 0.780. The maximum Gasteiger partial charge on any atom is -0.0162 e. The second-order valence-corrected chi connectivity index (χ2v) is 12.7. The molecule has 0 bridgehead atoms. The normalized spacial score (nSPS) is 21.8. The van der Waals surface area contributed by atoms with Crippen molar-refractivity contribution in [1.82, 2.24) is 0 Å². The molecule has 0 aromatic heterocycles. The van der Waals surface area contributed by atoms with Crippen molar-refractivity contribution < 1.29 is 0 Å². The maximum absolute atomic E-state index is 2.56. The molecule has 1 saturated carbocycles. The van der Waals surface area contributed by atoms with E-state index in [0.717, 1.165) is 17.8 Å². The largest absolute Gasteiger partial charge is 0.0804 e. The highest BCUT2D eigenvalue weighted by Crippen LogP contribution is 2.38. The van der Waals surface area contributed by atoms with Crippen LogP contribution in [0.3, 0.4) is 0 Å². The summed E-state index contributed by atoms with van der Waals surface area (Å²) in [5.41, 5.74) is 7.30. The van der Waals surface area contributed by atoms with Gasteiger partial charge in [-0.3, -0.25) is 0 Å². The number of hydrogen-bond acceptors (Lipinski definition) is 0. The van der Waals surface area contributed by atoms with Crippen LogP contribution in [0.2, 0.25) is 0 Å². The summed E-state index contributed by atoms with van der Waals surface area (Å²) >= 11 is 0.